The van der Waals surface area contributed by atoms with Crippen LogP contribution in [-0.2, 0) is 17.5 Å². The molecular formula is C22H19F3N4OS. The SMILES string of the molecule is O=C(Cn1c(C(F)(F)F)nc2ccccc21)N1CCC(c2nc3ccccc3s2)CC1. The molecule has 0 saturated carbocycles. The first kappa shape index (κ1) is 20.0. The van der Waals surface area contributed by atoms with Crippen LogP contribution in [0.5, 0.6) is 0 Å². The summed E-state index contributed by atoms with van der Waals surface area (Å²) in [5.74, 6) is -1.09. The van der Waals surface area contributed by atoms with Gasteiger partial charge in [0.1, 0.15) is 6.54 Å². The van der Waals surface area contributed by atoms with E-state index in [4.69, 9.17) is 4.98 Å². The number of imidazole rings is 1. The molecule has 1 fully saturated rings. The molecule has 0 atom stereocenters. The highest BCUT2D eigenvalue weighted by Crippen LogP contribution is 2.35. The monoisotopic (exact) mass is 444 g/mol. The number of nitrogens with zero attached hydrogens (tertiary/aromatic N) is 4. The third-order valence-electron chi connectivity index (χ3n) is 5.71. The third kappa shape index (κ3) is 3.78. The summed E-state index contributed by atoms with van der Waals surface area (Å²) in [5.41, 5.74) is 1.53. The van der Waals surface area contributed by atoms with E-state index in [0.717, 1.165) is 32.6 Å². The average Bonchev–Trinajstić information content (AvgIpc) is 3.36. The Hall–Kier alpha value is -2.94. The van der Waals surface area contributed by atoms with E-state index < -0.39 is 12.0 Å². The Morgan fingerprint density at radius 2 is 1.68 bits per heavy atom. The van der Waals surface area contributed by atoms with Crippen molar-refractivity contribution >= 4 is 38.5 Å². The van der Waals surface area contributed by atoms with Crippen LogP contribution in [0.2, 0.25) is 0 Å². The Labute approximate surface area is 180 Å². The van der Waals surface area contributed by atoms with Crippen LogP contribution < -0.4 is 0 Å². The van der Waals surface area contributed by atoms with Crippen LogP contribution in [0.4, 0.5) is 13.2 Å². The number of aromatic nitrogens is 3. The van der Waals surface area contributed by atoms with Gasteiger partial charge in [-0.15, -0.1) is 11.3 Å². The van der Waals surface area contributed by atoms with Crippen molar-refractivity contribution in [2.24, 2.45) is 0 Å². The maximum Gasteiger partial charge on any atom is 0.449 e. The van der Waals surface area contributed by atoms with Crippen LogP contribution in [0.15, 0.2) is 48.5 Å². The number of para-hydroxylation sites is 3. The molecule has 1 saturated heterocycles. The summed E-state index contributed by atoms with van der Waals surface area (Å²) in [6.45, 7) is 0.641. The van der Waals surface area contributed by atoms with Gasteiger partial charge >= 0.3 is 6.18 Å². The second-order valence-electron chi connectivity index (χ2n) is 7.68. The first-order valence-corrected chi connectivity index (χ1v) is 10.9. The molecule has 1 aliphatic rings. The Balaban J connectivity index is 1.31. The van der Waals surface area contributed by atoms with E-state index in [1.54, 1.807) is 34.4 Å². The molecule has 1 aliphatic heterocycles. The zero-order valence-corrected chi connectivity index (χ0v) is 17.3. The lowest BCUT2D eigenvalue weighted by Gasteiger charge is -2.31. The number of carbonyl (C=O) groups excluding carboxylic acids is 1. The molecule has 160 valence electrons. The van der Waals surface area contributed by atoms with E-state index in [9.17, 15) is 18.0 Å². The molecule has 0 aliphatic carbocycles. The minimum atomic E-state index is -4.63. The van der Waals surface area contributed by atoms with Gasteiger partial charge in [0.15, 0.2) is 0 Å². The van der Waals surface area contributed by atoms with Gasteiger partial charge in [0.25, 0.3) is 0 Å². The quantitative estimate of drug-likeness (QED) is 0.443. The molecule has 2 aromatic heterocycles. The number of benzene rings is 2. The van der Waals surface area contributed by atoms with Crippen LogP contribution in [0.1, 0.15) is 29.6 Å². The second kappa shape index (κ2) is 7.64. The fourth-order valence-corrected chi connectivity index (χ4v) is 5.26. The lowest BCUT2D eigenvalue weighted by molar-refractivity contribution is -0.148. The van der Waals surface area contributed by atoms with Crippen LogP contribution in [0.3, 0.4) is 0 Å². The van der Waals surface area contributed by atoms with Crippen molar-refractivity contribution in [3.63, 3.8) is 0 Å². The zero-order chi connectivity index (χ0) is 21.6. The number of amides is 1. The molecule has 0 radical (unpaired) electrons. The molecule has 3 heterocycles. The summed E-state index contributed by atoms with van der Waals surface area (Å²) in [6.07, 6.45) is -3.12. The lowest BCUT2D eigenvalue weighted by atomic mass is 9.97. The van der Waals surface area contributed by atoms with Crippen LogP contribution >= 0.6 is 11.3 Å². The highest BCUT2D eigenvalue weighted by atomic mass is 32.1. The van der Waals surface area contributed by atoms with E-state index in [0.29, 0.717) is 18.6 Å². The zero-order valence-electron chi connectivity index (χ0n) is 16.5. The van der Waals surface area contributed by atoms with E-state index >= 15 is 0 Å². The van der Waals surface area contributed by atoms with E-state index in [1.165, 1.54) is 6.07 Å². The Bertz CT molecular complexity index is 1220. The molecule has 4 aromatic rings. The Morgan fingerprint density at radius 1 is 1.00 bits per heavy atom. The second-order valence-corrected chi connectivity index (χ2v) is 8.75. The van der Waals surface area contributed by atoms with Crippen LogP contribution in [-0.4, -0.2) is 38.4 Å². The summed E-state index contributed by atoms with van der Waals surface area (Å²) in [7, 11) is 0. The predicted octanol–water partition coefficient (Wildman–Crippen LogP) is 5.07. The van der Waals surface area contributed by atoms with Gasteiger partial charge in [-0.2, -0.15) is 13.2 Å². The van der Waals surface area contributed by atoms with Gasteiger partial charge in [0.2, 0.25) is 11.7 Å². The van der Waals surface area contributed by atoms with Crippen molar-refractivity contribution in [1.29, 1.82) is 0 Å². The summed E-state index contributed by atoms with van der Waals surface area (Å²) in [4.78, 5) is 23.0. The number of carbonyl (C=O) groups is 1. The fourth-order valence-electron chi connectivity index (χ4n) is 4.13. The van der Waals surface area contributed by atoms with Crippen LogP contribution in [0.25, 0.3) is 21.3 Å². The van der Waals surface area contributed by atoms with E-state index in [-0.39, 0.29) is 23.9 Å². The van der Waals surface area contributed by atoms with Gasteiger partial charge in [-0.05, 0) is 37.1 Å². The summed E-state index contributed by atoms with van der Waals surface area (Å²) in [6, 6.07) is 14.3. The first-order chi connectivity index (χ1) is 14.9. The third-order valence-corrected chi connectivity index (χ3v) is 6.91. The number of piperidine rings is 1. The molecule has 0 spiro atoms. The largest absolute Gasteiger partial charge is 0.449 e. The van der Waals surface area contributed by atoms with Crippen molar-refractivity contribution in [1.82, 2.24) is 19.4 Å². The average molecular weight is 444 g/mol. The number of hydrogen-bond acceptors (Lipinski definition) is 4. The topological polar surface area (TPSA) is 51.0 Å². The van der Waals surface area contributed by atoms with Crippen molar-refractivity contribution in [3.8, 4) is 0 Å². The standard InChI is InChI=1S/C22H19F3N4OS/c23-22(24,25)21-27-15-5-1-3-7-17(15)29(21)13-19(30)28-11-9-14(10-12-28)20-26-16-6-2-4-8-18(16)31-20/h1-8,14H,9-13H2. The van der Waals surface area contributed by atoms with Gasteiger partial charge in [-0.1, -0.05) is 24.3 Å². The van der Waals surface area contributed by atoms with Crippen LogP contribution in [0, 0.1) is 0 Å². The first-order valence-electron chi connectivity index (χ1n) is 10.1. The van der Waals surface area contributed by atoms with Gasteiger partial charge in [0, 0.05) is 19.0 Å². The number of alkyl halides is 3. The van der Waals surface area contributed by atoms with Crippen molar-refractivity contribution in [2.75, 3.05) is 13.1 Å². The predicted molar refractivity (Wildman–Crippen MR) is 113 cm³/mol. The minimum absolute atomic E-state index is 0.233. The number of likely N-dealkylation sites (tertiary alicyclic amines) is 1. The number of rotatable bonds is 3. The number of hydrogen-bond donors (Lipinski definition) is 0. The molecular weight excluding hydrogens is 425 g/mol. The molecule has 9 heteroatoms. The maximum atomic E-state index is 13.5. The molecule has 1 amide bonds. The van der Waals surface area contributed by atoms with E-state index in [1.807, 2.05) is 24.3 Å². The normalized spacial score (nSPS) is 15.8. The van der Waals surface area contributed by atoms with Gasteiger partial charge in [0.05, 0.1) is 26.3 Å². The molecule has 0 N–H and O–H groups in total. The molecule has 5 rings (SSSR count). The molecule has 0 bridgehead atoms. The molecule has 2 aromatic carbocycles. The number of halogens is 3. The molecule has 31 heavy (non-hydrogen) atoms. The van der Waals surface area contributed by atoms with Crippen molar-refractivity contribution in [3.05, 3.63) is 59.4 Å². The number of thiazole rings is 1. The van der Waals surface area contributed by atoms with Crippen molar-refractivity contribution < 1.29 is 18.0 Å². The fraction of sp³-hybridized carbons (Fsp3) is 0.318. The smallest absolute Gasteiger partial charge is 0.341 e. The lowest BCUT2D eigenvalue weighted by Crippen LogP contribution is -2.40. The van der Waals surface area contributed by atoms with Gasteiger partial charge in [-0.3, -0.25) is 4.79 Å². The Morgan fingerprint density at radius 3 is 2.39 bits per heavy atom. The summed E-state index contributed by atoms with van der Waals surface area (Å²) < 4.78 is 42.6. The van der Waals surface area contributed by atoms with Crippen molar-refractivity contribution in [2.45, 2.75) is 31.5 Å². The highest BCUT2D eigenvalue weighted by Gasteiger charge is 2.38. The highest BCUT2D eigenvalue weighted by molar-refractivity contribution is 7.18. The van der Waals surface area contributed by atoms with Gasteiger partial charge < -0.3 is 9.47 Å². The minimum Gasteiger partial charge on any atom is -0.341 e. The summed E-state index contributed by atoms with van der Waals surface area (Å²) in [5, 5.41) is 1.06. The maximum absolute atomic E-state index is 13.5. The Kier molecular flexibility index (Phi) is 4.92. The van der Waals surface area contributed by atoms with E-state index in [2.05, 4.69) is 4.98 Å². The molecule has 5 nitrogen and oxygen atoms in total. The summed E-state index contributed by atoms with van der Waals surface area (Å²) >= 11 is 1.67. The van der Waals surface area contributed by atoms with Gasteiger partial charge in [-0.25, -0.2) is 9.97 Å². The number of fused-ring (bicyclic) bond motifs is 2. The molecule has 0 unspecified atom stereocenters.